The molecule has 0 atom stereocenters. The van der Waals surface area contributed by atoms with Gasteiger partial charge in [-0.3, -0.25) is 14.4 Å². The molecule has 0 saturated carbocycles. The van der Waals surface area contributed by atoms with Crippen molar-refractivity contribution in [3.8, 4) is 0 Å². The van der Waals surface area contributed by atoms with E-state index in [1.807, 2.05) is 30.3 Å². The summed E-state index contributed by atoms with van der Waals surface area (Å²) >= 11 is 0. The van der Waals surface area contributed by atoms with Crippen molar-refractivity contribution in [2.45, 2.75) is 20.4 Å². The van der Waals surface area contributed by atoms with E-state index in [0.717, 1.165) is 5.56 Å². The molecule has 6 heteroatoms. The van der Waals surface area contributed by atoms with Gasteiger partial charge in [0, 0.05) is 36.0 Å². The second kappa shape index (κ2) is 9.52. The van der Waals surface area contributed by atoms with Crippen molar-refractivity contribution in [1.29, 1.82) is 0 Å². The fraction of sp³-hybridized carbons (Fsp3) is 0.125. The van der Waals surface area contributed by atoms with Crippen molar-refractivity contribution < 1.29 is 14.4 Å². The van der Waals surface area contributed by atoms with Gasteiger partial charge in [-0.15, -0.1) is 0 Å². The molecule has 0 aliphatic carbocycles. The summed E-state index contributed by atoms with van der Waals surface area (Å²) in [4.78, 5) is 36.3. The molecule has 3 aromatic carbocycles. The van der Waals surface area contributed by atoms with Crippen LogP contribution in [0.5, 0.6) is 0 Å². The van der Waals surface area contributed by atoms with Crippen molar-refractivity contribution in [3.05, 3.63) is 95.1 Å². The maximum Gasteiger partial charge on any atom is 0.256 e. The zero-order valence-electron chi connectivity index (χ0n) is 16.9. The fourth-order valence-electron chi connectivity index (χ4n) is 2.93. The minimum atomic E-state index is -0.273. The van der Waals surface area contributed by atoms with Crippen LogP contribution in [-0.2, 0) is 11.3 Å². The Hall–Kier alpha value is -3.93. The number of para-hydroxylation sites is 1. The summed E-state index contributed by atoms with van der Waals surface area (Å²) < 4.78 is 0. The molecule has 3 amide bonds. The van der Waals surface area contributed by atoms with Crippen LogP contribution in [0.1, 0.15) is 38.8 Å². The molecule has 0 radical (unpaired) electrons. The van der Waals surface area contributed by atoms with E-state index in [9.17, 15) is 14.4 Å². The van der Waals surface area contributed by atoms with E-state index in [1.165, 1.54) is 6.92 Å². The zero-order chi connectivity index (χ0) is 21.5. The first-order valence-electron chi connectivity index (χ1n) is 9.55. The van der Waals surface area contributed by atoms with Crippen molar-refractivity contribution in [2.24, 2.45) is 0 Å². The zero-order valence-corrected chi connectivity index (χ0v) is 16.9. The average molecular weight is 401 g/mol. The van der Waals surface area contributed by atoms with Gasteiger partial charge in [0.25, 0.3) is 11.8 Å². The summed E-state index contributed by atoms with van der Waals surface area (Å²) in [5.74, 6) is -0.620. The smallest absolute Gasteiger partial charge is 0.256 e. The van der Waals surface area contributed by atoms with Gasteiger partial charge in [-0.2, -0.15) is 0 Å². The monoisotopic (exact) mass is 401 g/mol. The first kappa shape index (κ1) is 20.8. The maximum atomic E-state index is 12.6. The minimum absolute atomic E-state index is 0.108. The molecule has 30 heavy (non-hydrogen) atoms. The third-order valence-electron chi connectivity index (χ3n) is 4.62. The molecular weight excluding hydrogens is 378 g/mol. The normalized spacial score (nSPS) is 10.2. The van der Waals surface area contributed by atoms with Crippen molar-refractivity contribution in [3.63, 3.8) is 0 Å². The number of hydrogen-bond donors (Lipinski definition) is 3. The summed E-state index contributed by atoms with van der Waals surface area (Å²) in [6.07, 6.45) is 0. The van der Waals surface area contributed by atoms with Crippen LogP contribution in [0.4, 0.5) is 11.4 Å². The summed E-state index contributed by atoms with van der Waals surface area (Å²) in [6.45, 7) is 3.67. The Balaban J connectivity index is 1.70. The van der Waals surface area contributed by atoms with Crippen LogP contribution >= 0.6 is 0 Å². The highest BCUT2D eigenvalue weighted by atomic mass is 16.2. The predicted octanol–water partition coefficient (Wildman–Crippen LogP) is 4.14. The van der Waals surface area contributed by atoms with E-state index in [4.69, 9.17) is 0 Å². The van der Waals surface area contributed by atoms with Gasteiger partial charge in [0.05, 0.1) is 0 Å². The highest BCUT2D eigenvalue weighted by Gasteiger charge is 2.14. The molecule has 0 bridgehead atoms. The number of carbonyl (C=O) groups is 3. The number of nitrogens with one attached hydrogen (secondary N) is 3. The van der Waals surface area contributed by atoms with Gasteiger partial charge < -0.3 is 16.0 Å². The average Bonchev–Trinajstić information content (AvgIpc) is 2.74. The molecule has 3 aromatic rings. The molecule has 0 fully saturated rings. The van der Waals surface area contributed by atoms with Crippen LogP contribution in [0.3, 0.4) is 0 Å². The van der Waals surface area contributed by atoms with E-state index in [0.29, 0.717) is 34.6 Å². The lowest BCUT2D eigenvalue weighted by molar-refractivity contribution is -0.119. The summed E-state index contributed by atoms with van der Waals surface area (Å²) in [5.41, 5.74) is 3.83. The van der Waals surface area contributed by atoms with E-state index >= 15 is 0 Å². The Bertz CT molecular complexity index is 1060. The summed E-state index contributed by atoms with van der Waals surface area (Å²) in [7, 11) is 0. The number of amides is 3. The highest BCUT2D eigenvalue weighted by molar-refractivity contribution is 6.08. The molecule has 0 aliphatic rings. The largest absolute Gasteiger partial charge is 0.352 e. The van der Waals surface area contributed by atoms with Crippen molar-refractivity contribution in [2.75, 3.05) is 10.6 Å². The highest BCUT2D eigenvalue weighted by Crippen LogP contribution is 2.21. The van der Waals surface area contributed by atoms with Crippen LogP contribution in [0.2, 0.25) is 0 Å². The maximum absolute atomic E-state index is 12.6. The van der Waals surface area contributed by atoms with Crippen molar-refractivity contribution >= 4 is 29.1 Å². The molecule has 0 spiro atoms. The van der Waals surface area contributed by atoms with Gasteiger partial charge in [0.15, 0.2) is 0 Å². The number of benzene rings is 3. The van der Waals surface area contributed by atoms with E-state index in [2.05, 4.69) is 16.0 Å². The van der Waals surface area contributed by atoms with Crippen LogP contribution in [0, 0.1) is 6.92 Å². The van der Waals surface area contributed by atoms with Crippen LogP contribution in [0.15, 0.2) is 72.8 Å². The molecule has 0 aliphatic heterocycles. The first-order valence-corrected chi connectivity index (χ1v) is 9.55. The number of anilines is 2. The van der Waals surface area contributed by atoms with Gasteiger partial charge in [-0.05, 0) is 54.4 Å². The molecule has 3 N–H and O–H groups in total. The Morgan fingerprint density at radius 1 is 0.767 bits per heavy atom. The van der Waals surface area contributed by atoms with Crippen LogP contribution in [0.25, 0.3) is 0 Å². The molecule has 0 saturated heterocycles. The van der Waals surface area contributed by atoms with E-state index in [1.54, 1.807) is 49.4 Å². The second-order valence-corrected chi connectivity index (χ2v) is 6.86. The predicted molar refractivity (Wildman–Crippen MR) is 117 cm³/mol. The third-order valence-corrected chi connectivity index (χ3v) is 4.62. The summed E-state index contributed by atoms with van der Waals surface area (Å²) in [6, 6.07) is 21.4. The lowest BCUT2D eigenvalue weighted by Gasteiger charge is -2.13. The van der Waals surface area contributed by atoms with Gasteiger partial charge in [0.2, 0.25) is 5.91 Å². The van der Waals surface area contributed by atoms with E-state index < -0.39 is 0 Å². The van der Waals surface area contributed by atoms with Gasteiger partial charge >= 0.3 is 0 Å². The van der Waals surface area contributed by atoms with Crippen LogP contribution < -0.4 is 16.0 Å². The molecular formula is C24H23N3O3. The van der Waals surface area contributed by atoms with Gasteiger partial charge in [0.1, 0.15) is 0 Å². The molecule has 6 nitrogen and oxygen atoms in total. The summed E-state index contributed by atoms with van der Waals surface area (Å²) in [5, 5.41) is 8.44. The quantitative estimate of drug-likeness (QED) is 0.580. The minimum Gasteiger partial charge on any atom is -0.352 e. The lowest BCUT2D eigenvalue weighted by Crippen LogP contribution is -2.19. The molecule has 0 heterocycles. The van der Waals surface area contributed by atoms with Crippen molar-refractivity contribution in [1.82, 2.24) is 5.32 Å². The molecule has 152 valence electrons. The molecule has 3 rings (SSSR count). The number of rotatable bonds is 6. The number of carbonyl (C=O) groups excluding carboxylic acids is 3. The number of hydrogen-bond acceptors (Lipinski definition) is 3. The second-order valence-electron chi connectivity index (χ2n) is 6.86. The van der Waals surface area contributed by atoms with Gasteiger partial charge in [-0.1, -0.05) is 36.4 Å². The Morgan fingerprint density at radius 3 is 2.13 bits per heavy atom. The topological polar surface area (TPSA) is 87.3 Å². The third kappa shape index (κ3) is 5.32. The Labute approximate surface area is 175 Å². The van der Waals surface area contributed by atoms with E-state index in [-0.39, 0.29) is 17.7 Å². The van der Waals surface area contributed by atoms with Gasteiger partial charge in [-0.25, -0.2) is 0 Å². The van der Waals surface area contributed by atoms with Crippen LogP contribution in [-0.4, -0.2) is 17.7 Å². The Kier molecular flexibility index (Phi) is 6.60. The molecule has 0 aromatic heterocycles. The SMILES string of the molecule is CC(=O)NCc1ccc(C(=O)Nc2cccc(C(=O)Nc3ccccc3)c2C)cc1. The fourth-order valence-corrected chi connectivity index (χ4v) is 2.93. The first-order chi connectivity index (χ1) is 14.4. The standard InChI is InChI=1S/C24H23N3O3/c1-16-21(24(30)26-20-7-4-3-5-8-20)9-6-10-22(16)27-23(29)19-13-11-18(12-14-19)15-25-17(2)28/h3-14H,15H2,1-2H3,(H,25,28)(H,26,30)(H,27,29). The molecule has 0 unspecified atom stereocenters. The Morgan fingerprint density at radius 2 is 1.47 bits per heavy atom. The lowest BCUT2D eigenvalue weighted by atomic mass is 10.0.